The Morgan fingerprint density at radius 2 is 1.76 bits per heavy atom. The molecule has 3 rings (SSSR count). The smallest absolute Gasteiger partial charge is 0.297 e. The first-order valence-electron chi connectivity index (χ1n) is 8.37. The van der Waals surface area contributed by atoms with Gasteiger partial charge in [0, 0.05) is 22.1 Å². The zero-order chi connectivity index (χ0) is 21.1. The number of hydrogen-bond donors (Lipinski definition) is 2. The molecule has 3 N–H and O–H groups in total. The van der Waals surface area contributed by atoms with Crippen LogP contribution in [0.3, 0.4) is 0 Å². The Morgan fingerprint density at radius 3 is 2.38 bits per heavy atom. The lowest BCUT2D eigenvalue weighted by molar-refractivity contribution is -0.385. The van der Waals surface area contributed by atoms with Crippen LogP contribution in [-0.2, 0) is 4.79 Å². The maximum atomic E-state index is 12.4. The number of primary amides is 1. The van der Waals surface area contributed by atoms with Crippen molar-refractivity contribution >= 4 is 39.6 Å². The molecule has 0 unspecified atom stereocenters. The number of Topliss-reactive ketones (excluding diaryl/α,β-unsaturated/α-hetero) is 1. The number of aryl methyl sites for hydroxylation is 1. The second-order valence-corrected chi connectivity index (χ2v) is 7.18. The Morgan fingerprint density at radius 1 is 1.07 bits per heavy atom. The summed E-state index contributed by atoms with van der Waals surface area (Å²) in [5.74, 6) is -2.73. The van der Waals surface area contributed by atoms with Crippen LogP contribution >= 0.6 is 11.3 Å². The number of nitro benzene ring substituents is 1. The number of nitrogens with two attached hydrogens (primary N) is 1. The number of thiophene rings is 1. The van der Waals surface area contributed by atoms with E-state index < -0.39 is 22.5 Å². The molecular formula is C20H15N3O5S. The minimum atomic E-state index is -1.02. The van der Waals surface area contributed by atoms with Crippen LogP contribution in [0.4, 0.5) is 10.7 Å². The van der Waals surface area contributed by atoms with Gasteiger partial charge in [0.25, 0.3) is 23.3 Å². The number of benzene rings is 2. The topological polar surface area (TPSA) is 132 Å². The minimum absolute atomic E-state index is 0.0740. The third-order valence-electron chi connectivity index (χ3n) is 4.16. The van der Waals surface area contributed by atoms with Crippen molar-refractivity contribution in [2.24, 2.45) is 5.73 Å². The van der Waals surface area contributed by atoms with E-state index in [-0.39, 0.29) is 21.8 Å². The summed E-state index contributed by atoms with van der Waals surface area (Å²) in [6.07, 6.45) is 0. The highest BCUT2D eigenvalue weighted by Crippen LogP contribution is 2.35. The van der Waals surface area contributed by atoms with Crippen molar-refractivity contribution in [3.05, 3.63) is 81.4 Å². The van der Waals surface area contributed by atoms with E-state index in [0.29, 0.717) is 10.4 Å². The van der Waals surface area contributed by atoms with Gasteiger partial charge in [-0.15, -0.1) is 11.3 Å². The minimum Gasteiger partial charge on any atom is -0.366 e. The average Bonchev–Trinajstić information content (AvgIpc) is 3.12. The molecule has 0 saturated heterocycles. The van der Waals surface area contributed by atoms with Gasteiger partial charge in [0.05, 0.1) is 10.5 Å². The van der Waals surface area contributed by atoms with E-state index in [4.69, 9.17) is 5.73 Å². The van der Waals surface area contributed by atoms with Crippen LogP contribution < -0.4 is 11.1 Å². The predicted octanol–water partition coefficient (Wildman–Crippen LogP) is 3.55. The van der Waals surface area contributed by atoms with Crippen LogP contribution in [0.5, 0.6) is 0 Å². The predicted molar refractivity (Wildman–Crippen MR) is 109 cm³/mol. The molecule has 1 heterocycles. The summed E-state index contributed by atoms with van der Waals surface area (Å²) in [7, 11) is 0. The van der Waals surface area contributed by atoms with Gasteiger partial charge in [0.2, 0.25) is 0 Å². The first-order valence-corrected chi connectivity index (χ1v) is 9.19. The molecule has 9 heteroatoms. The molecule has 2 amide bonds. The summed E-state index contributed by atoms with van der Waals surface area (Å²) in [4.78, 5) is 47.8. The standard InChI is InChI=1S/C20H15N3O5S/c1-11-7-8-13(9-15(11)23(27)28)17(24)19(26)22-20-14(18(21)25)10-16(29-20)12-5-3-2-4-6-12/h2-10H,1H3,(H2,21,25)(H,22,26). The summed E-state index contributed by atoms with van der Waals surface area (Å²) in [6.45, 7) is 1.53. The number of anilines is 1. The van der Waals surface area contributed by atoms with Gasteiger partial charge in [0.15, 0.2) is 0 Å². The molecule has 2 aromatic carbocycles. The van der Waals surface area contributed by atoms with E-state index in [0.717, 1.165) is 23.0 Å². The van der Waals surface area contributed by atoms with Crippen molar-refractivity contribution in [2.45, 2.75) is 6.92 Å². The number of nitro groups is 1. The Kier molecular flexibility index (Phi) is 5.51. The highest BCUT2D eigenvalue weighted by molar-refractivity contribution is 7.20. The van der Waals surface area contributed by atoms with Crippen molar-refractivity contribution in [1.29, 1.82) is 0 Å². The van der Waals surface area contributed by atoms with Crippen LogP contribution in [0.15, 0.2) is 54.6 Å². The Hall–Kier alpha value is -3.85. The van der Waals surface area contributed by atoms with Crippen LogP contribution in [0.25, 0.3) is 10.4 Å². The average molecular weight is 409 g/mol. The van der Waals surface area contributed by atoms with Crippen molar-refractivity contribution in [1.82, 2.24) is 0 Å². The number of carbonyl (C=O) groups excluding carboxylic acids is 3. The number of nitrogens with one attached hydrogen (secondary N) is 1. The first kappa shape index (κ1) is 19.9. The second-order valence-electron chi connectivity index (χ2n) is 6.13. The molecule has 3 aromatic rings. The molecule has 0 radical (unpaired) electrons. The van der Waals surface area contributed by atoms with Crippen LogP contribution in [0, 0.1) is 17.0 Å². The van der Waals surface area contributed by atoms with E-state index >= 15 is 0 Å². The maximum absolute atomic E-state index is 12.4. The van der Waals surface area contributed by atoms with Crippen molar-refractivity contribution in [3.8, 4) is 10.4 Å². The fourth-order valence-corrected chi connectivity index (χ4v) is 3.71. The summed E-state index contributed by atoms with van der Waals surface area (Å²) in [5, 5.41) is 13.6. The van der Waals surface area contributed by atoms with E-state index in [2.05, 4.69) is 5.32 Å². The van der Waals surface area contributed by atoms with Crippen LogP contribution in [-0.4, -0.2) is 22.5 Å². The fraction of sp³-hybridized carbons (Fsp3) is 0.0500. The number of ketones is 1. The van der Waals surface area contributed by atoms with Gasteiger partial charge in [-0.05, 0) is 18.6 Å². The molecule has 0 spiro atoms. The van der Waals surface area contributed by atoms with E-state index in [9.17, 15) is 24.5 Å². The second kappa shape index (κ2) is 8.03. The number of rotatable bonds is 6. The SMILES string of the molecule is Cc1ccc(C(=O)C(=O)Nc2sc(-c3ccccc3)cc2C(N)=O)cc1[N+](=O)[O-]. The lowest BCUT2D eigenvalue weighted by atomic mass is 10.1. The summed E-state index contributed by atoms with van der Waals surface area (Å²) >= 11 is 1.10. The molecule has 8 nitrogen and oxygen atoms in total. The third kappa shape index (κ3) is 4.19. The molecule has 0 bridgehead atoms. The monoisotopic (exact) mass is 409 g/mol. The molecule has 0 aliphatic heterocycles. The molecule has 29 heavy (non-hydrogen) atoms. The fourth-order valence-electron chi connectivity index (χ4n) is 2.65. The van der Waals surface area contributed by atoms with Gasteiger partial charge >= 0.3 is 0 Å². The summed E-state index contributed by atoms with van der Waals surface area (Å²) in [6, 6.07) is 14.5. The van der Waals surface area contributed by atoms with Crippen molar-refractivity contribution in [2.75, 3.05) is 5.32 Å². The lowest BCUT2D eigenvalue weighted by Gasteiger charge is -2.05. The molecule has 0 aliphatic carbocycles. The van der Waals surface area contributed by atoms with Crippen molar-refractivity contribution in [3.63, 3.8) is 0 Å². The zero-order valence-corrected chi connectivity index (χ0v) is 16.0. The lowest BCUT2D eigenvalue weighted by Crippen LogP contribution is -2.24. The summed E-state index contributed by atoms with van der Waals surface area (Å²) in [5.41, 5.74) is 6.27. The molecule has 0 saturated carbocycles. The third-order valence-corrected chi connectivity index (χ3v) is 5.26. The molecule has 0 fully saturated rings. The van der Waals surface area contributed by atoms with Gasteiger partial charge in [-0.25, -0.2) is 0 Å². The zero-order valence-electron chi connectivity index (χ0n) is 15.2. The molecule has 0 aliphatic rings. The van der Waals surface area contributed by atoms with Gasteiger partial charge < -0.3 is 11.1 Å². The normalized spacial score (nSPS) is 10.4. The maximum Gasteiger partial charge on any atom is 0.297 e. The van der Waals surface area contributed by atoms with Crippen LogP contribution in [0.2, 0.25) is 0 Å². The highest BCUT2D eigenvalue weighted by atomic mass is 32.1. The number of amides is 2. The van der Waals surface area contributed by atoms with E-state index in [1.807, 2.05) is 30.3 Å². The number of hydrogen-bond acceptors (Lipinski definition) is 6. The largest absolute Gasteiger partial charge is 0.366 e. The quantitative estimate of drug-likeness (QED) is 0.278. The summed E-state index contributed by atoms with van der Waals surface area (Å²) < 4.78 is 0. The number of carbonyl (C=O) groups is 3. The van der Waals surface area contributed by atoms with Gasteiger partial charge in [-0.2, -0.15) is 0 Å². The van der Waals surface area contributed by atoms with E-state index in [1.165, 1.54) is 19.1 Å². The van der Waals surface area contributed by atoms with Crippen molar-refractivity contribution < 1.29 is 19.3 Å². The Balaban J connectivity index is 1.89. The molecule has 0 atom stereocenters. The van der Waals surface area contributed by atoms with Crippen LogP contribution in [0.1, 0.15) is 26.3 Å². The van der Waals surface area contributed by atoms with E-state index in [1.54, 1.807) is 6.07 Å². The molecule has 146 valence electrons. The molecule has 1 aromatic heterocycles. The van der Waals surface area contributed by atoms with Gasteiger partial charge in [-0.1, -0.05) is 42.5 Å². The number of nitrogens with zero attached hydrogens (tertiary/aromatic N) is 1. The highest BCUT2D eigenvalue weighted by Gasteiger charge is 2.23. The Bertz CT molecular complexity index is 1140. The molecular weight excluding hydrogens is 394 g/mol. The Labute approximate surface area is 169 Å². The first-order chi connectivity index (χ1) is 13.8. The van der Waals surface area contributed by atoms with Gasteiger partial charge in [0.1, 0.15) is 5.00 Å². The van der Waals surface area contributed by atoms with Gasteiger partial charge in [-0.3, -0.25) is 24.5 Å².